The molecule has 0 radical (unpaired) electrons. The Balaban J connectivity index is 1.49. The van der Waals surface area contributed by atoms with Crippen LogP contribution in [0.4, 0.5) is 4.79 Å². The summed E-state index contributed by atoms with van der Waals surface area (Å²) in [5.41, 5.74) is 1.41. The van der Waals surface area contributed by atoms with E-state index in [0.717, 1.165) is 11.3 Å². The molecule has 0 atom stereocenters. The number of ether oxygens (including phenoxy) is 2. The number of nitrogens with one attached hydrogen (secondary N) is 1. The molecule has 0 aliphatic carbocycles. The van der Waals surface area contributed by atoms with Crippen LogP contribution >= 0.6 is 0 Å². The summed E-state index contributed by atoms with van der Waals surface area (Å²) in [6.45, 7) is 3.31. The van der Waals surface area contributed by atoms with Crippen LogP contribution in [-0.2, 0) is 16.0 Å². The molecule has 0 unspecified atom stereocenters. The zero-order chi connectivity index (χ0) is 19.9. The fourth-order valence-corrected chi connectivity index (χ4v) is 3.17. The van der Waals surface area contributed by atoms with Crippen LogP contribution in [0.3, 0.4) is 0 Å². The molecular formula is C20H25N3O5. The summed E-state index contributed by atoms with van der Waals surface area (Å²) in [5, 5.41) is 7.00. The van der Waals surface area contributed by atoms with Gasteiger partial charge < -0.3 is 24.2 Å². The predicted octanol–water partition coefficient (Wildman–Crippen LogP) is 2.63. The number of likely N-dealkylation sites (tertiary alicyclic amines) is 1. The van der Waals surface area contributed by atoms with E-state index in [9.17, 15) is 9.59 Å². The van der Waals surface area contributed by atoms with E-state index in [1.807, 2.05) is 24.3 Å². The van der Waals surface area contributed by atoms with Gasteiger partial charge in [0.1, 0.15) is 5.75 Å². The lowest BCUT2D eigenvalue weighted by atomic mass is 10.1. The van der Waals surface area contributed by atoms with Crippen molar-refractivity contribution in [2.24, 2.45) is 0 Å². The molecule has 0 bridgehead atoms. The fraction of sp³-hybridized carbons (Fsp3) is 0.450. The quantitative estimate of drug-likeness (QED) is 0.819. The number of nitrogens with zero attached hydrogens (tertiary/aromatic N) is 2. The molecule has 1 fully saturated rings. The third kappa shape index (κ3) is 5.03. The van der Waals surface area contributed by atoms with Crippen LogP contribution in [-0.4, -0.2) is 54.9 Å². The highest BCUT2D eigenvalue weighted by Gasteiger charge is 2.24. The maximum absolute atomic E-state index is 12.3. The van der Waals surface area contributed by atoms with E-state index in [1.165, 1.54) is 0 Å². The van der Waals surface area contributed by atoms with Crippen molar-refractivity contribution in [2.45, 2.75) is 32.2 Å². The van der Waals surface area contributed by atoms with Crippen molar-refractivity contribution in [1.29, 1.82) is 0 Å². The van der Waals surface area contributed by atoms with Crippen molar-refractivity contribution in [3.8, 4) is 17.1 Å². The minimum absolute atomic E-state index is 0.0444. The number of amides is 2. The van der Waals surface area contributed by atoms with E-state index in [4.69, 9.17) is 14.0 Å². The summed E-state index contributed by atoms with van der Waals surface area (Å²) in [4.78, 5) is 25.7. The summed E-state index contributed by atoms with van der Waals surface area (Å²) in [5.74, 6) is 1.20. The molecule has 8 nitrogen and oxygen atoms in total. The second kappa shape index (κ2) is 9.25. The lowest BCUT2D eigenvalue weighted by molar-refractivity contribution is -0.121. The van der Waals surface area contributed by atoms with E-state index >= 15 is 0 Å². The van der Waals surface area contributed by atoms with E-state index < -0.39 is 0 Å². The first-order chi connectivity index (χ1) is 13.6. The van der Waals surface area contributed by atoms with Gasteiger partial charge in [0.2, 0.25) is 5.91 Å². The Kier molecular flexibility index (Phi) is 6.52. The number of carbonyl (C=O) groups excluding carboxylic acids is 2. The first kappa shape index (κ1) is 19.7. The Morgan fingerprint density at radius 3 is 2.79 bits per heavy atom. The maximum atomic E-state index is 12.3. The molecule has 28 heavy (non-hydrogen) atoms. The minimum Gasteiger partial charge on any atom is -0.497 e. The molecule has 2 aromatic rings. The fourth-order valence-electron chi connectivity index (χ4n) is 3.17. The second-order valence-electron chi connectivity index (χ2n) is 6.62. The average molecular weight is 387 g/mol. The van der Waals surface area contributed by atoms with Crippen LogP contribution in [0.15, 0.2) is 34.9 Å². The van der Waals surface area contributed by atoms with Gasteiger partial charge in [0.05, 0.1) is 25.8 Å². The number of benzene rings is 1. The van der Waals surface area contributed by atoms with E-state index in [1.54, 1.807) is 25.0 Å². The van der Waals surface area contributed by atoms with Gasteiger partial charge >= 0.3 is 6.09 Å². The van der Waals surface area contributed by atoms with Crippen LogP contribution in [0.5, 0.6) is 5.75 Å². The van der Waals surface area contributed by atoms with Crippen molar-refractivity contribution in [2.75, 3.05) is 26.8 Å². The first-order valence-electron chi connectivity index (χ1n) is 9.40. The van der Waals surface area contributed by atoms with E-state index in [-0.39, 0.29) is 24.5 Å². The van der Waals surface area contributed by atoms with Crippen molar-refractivity contribution in [3.63, 3.8) is 0 Å². The summed E-state index contributed by atoms with van der Waals surface area (Å²) in [6.07, 6.45) is 1.27. The molecule has 2 amide bonds. The highest BCUT2D eigenvalue weighted by molar-refractivity contribution is 5.79. The Morgan fingerprint density at radius 2 is 2.07 bits per heavy atom. The standard InChI is InChI=1S/C20H25N3O5/c1-3-27-20(25)23-9-7-15(8-10-23)21-19(24)13-16-12-18(28-22-16)14-5-4-6-17(11-14)26-2/h4-6,11-12,15H,3,7-10,13H2,1-2H3,(H,21,24). The molecule has 150 valence electrons. The maximum Gasteiger partial charge on any atom is 0.409 e. The smallest absolute Gasteiger partial charge is 0.409 e. The minimum atomic E-state index is -0.292. The number of rotatable bonds is 6. The van der Waals surface area contributed by atoms with Crippen molar-refractivity contribution in [1.82, 2.24) is 15.4 Å². The van der Waals surface area contributed by atoms with Gasteiger partial charge in [0, 0.05) is 30.8 Å². The van der Waals surface area contributed by atoms with Crippen LogP contribution in [0.25, 0.3) is 11.3 Å². The van der Waals surface area contributed by atoms with Gasteiger partial charge in [-0.3, -0.25) is 4.79 Å². The molecule has 2 heterocycles. The number of carbonyl (C=O) groups is 2. The summed E-state index contributed by atoms with van der Waals surface area (Å²) in [7, 11) is 1.60. The van der Waals surface area contributed by atoms with Gasteiger partial charge in [-0.25, -0.2) is 4.79 Å². The normalized spacial score (nSPS) is 14.6. The average Bonchev–Trinajstić information content (AvgIpc) is 3.17. The zero-order valence-corrected chi connectivity index (χ0v) is 16.1. The largest absolute Gasteiger partial charge is 0.497 e. The number of piperidine rings is 1. The molecular weight excluding hydrogens is 362 g/mol. The molecule has 0 spiro atoms. The summed E-state index contributed by atoms with van der Waals surface area (Å²) >= 11 is 0. The number of hydrogen-bond donors (Lipinski definition) is 1. The third-order valence-corrected chi connectivity index (χ3v) is 4.64. The molecule has 1 aliphatic rings. The topological polar surface area (TPSA) is 93.9 Å². The van der Waals surface area contributed by atoms with Gasteiger partial charge in [-0.2, -0.15) is 0 Å². The monoisotopic (exact) mass is 387 g/mol. The molecule has 1 N–H and O–H groups in total. The molecule has 1 aromatic heterocycles. The number of methoxy groups -OCH3 is 1. The first-order valence-corrected chi connectivity index (χ1v) is 9.40. The van der Waals surface area contributed by atoms with Crippen molar-refractivity contribution in [3.05, 3.63) is 36.0 Å². The summed E-state index contributed by atoms with van der Waals surface area (Å²) in [6, 6.07) is 9.26. The predicted molar refractivity (Wildman–Crippen MR) is 102 cm³/mol. The molecule has 8 heteroatoms. The molecule has 1 saturated heterocycles. The Bertz CT molecular complexity index is 812. The van der Waals surface area contributed by atoms with Crippen molar-refractivity contribution >= 4 is 12.0 Å². The summed E-state index contributed by atoms with van der Waals surface area (Å²) < 4.78 is 15.6. The molecule has 0 saturated carbocycles. The second-order valence-corrected chi connectivity index (χ2v) is 6.62. The van der Waals surface area contributed by atoms with Crippen molar-refractivity contribution < 1.29 is 23.6 Å². The van der Waals surface area contributed by atoms with Gasteiger partial charge in [-0.15, -0.1) is 0 Å². The SMILES string of the molecule is CCOC(=O)N1CCC(NC(=O)Cc2cc(-c3cccc(OC)c3)on2)CC1. The van der Waals surface area contributed by atoms with E-state index in [2.05, 4.69) is 10.5 Å². The lowest BCUT2D eigenvalue weighted by Crippen LogP contribution is -2.47. The van der Waals surface area contributed by atoms with Gasteiger partial charge in [-0.1, -0.05) is 17.3 Å². The molecule has 1 aromatic carbocycles. The van der Waals surface area contributed by atoms with Gasteiger partial charge in [-0.05, 0) is 31.9 Å². The van der Waals surface area contributed by atoms with Crippen LogP contribution in [0, 0.1) is 0 Å². The van der Waals surface area contributed by atoms with Gasteiger partial charge in [0.15, 0.2) is 5.76 Å². The number of aromatic nitrogens is 1. The van der Waals surface area contributed by atoms with E-state index in [0.29, 0.717) is 44.0 Å². The van der Waals surface area contributed by atoms with Crippen LogP contribution < -0.4 is 10.1 Å². The van der Waals surface area contributed by atoms with Gasteiger partial charge in [0.25, 0.3) is 0 Å². The number of hydrogen-bond acceptors (Lipinski definition) is 6. The zero-order valence-electron chi connectivity index (χ0n) is 16.1. The third-order valence-electron chi connectivity index (χ3n) is 4.64. The molecule has 1 aliphatic heterocycles. The Hall–Kier alpha value is -3.03. The highest BCUT2D eigenvalue weighted by Crippen LogP contribution is 2.24. The molecule has 3 rings (SSSR count). The lowest BCUT2D eigenvalue weighted by Gasteiger charge is -2.31. The Labute approximate surface area is 163 Å². The highest BCUT2D eigenvalue weighted by atomic mass is 16.6. The Morgan fingerprint density at radius 1 is 1.29 bits per heavy atom. The van der Waals surface area contributed by atoms with Crippen LogP contribution in [0.1, 0.15) is 25.5 Å². The van der Waals surface area contributed by atoms with Crippen LogP contribution in [0.2, 0.25) is 0 Å².